The summed E-state index contributed by atoms with van der Waals surface area (Å²) in [5.74, 6) is -0.194. The Bertz CT molecular complexity index is 1000. The van der Waals surface area contributed by atoms with Crippen LogP contribution in [0.4, 0.5) is 0 Å². The molecule has 0 atom stereocenters. The van der Waals surface area contributed by atoms with Gasteiger partial charge < -0.3 is 18.8 Å². The van der Waals surface area contributed by atoms with Crippen molar-refractivity contribution in [3.63, 3.8) is 0 Å². The Balaban J connectivity index is 2.24. The van der Waals surface area contributed by atoms with Crippen molar-refractivity contribution in [2.75, 3.05) is 26.4 Å². The summed E-state index contributed by atoms with van der Waals surface area (Å²) in [7, 11) is 1.72. The van der Waals surface area contributed by atoms with Crippen LogP contribution in [0.5, 0.6) is 5.75 Å². The molecule has 2 aromatic heterocycles. The molecule has 0 saturated heterocycles. The normalized spacial score (nSPS) is 11.2. The number of pyridine rings is 1. The molecule has 2 heterocycles. The standard InChI is InChI=1S/C19H21NO5S/c1-4-23-10-11-25-15-14-16(26-17(15)19(22)24-5-2)12-8-6-7-9-13(12)20(3)18(14)21/h6-9H,4-5,10-11H2,1-3H3. The van der Waals surface area contributed by atoms with Crippen molar-refractivity contribution in [1.29, 1.82) is 0 Å². The lowest BCUT2D eigenvalue weighted by Crippen LogP contribution is -2.18. The summed E-state index contributed by atoms with van der Waals surface area (Å²) >= 11 is 1.23. The smallest absolute Gasteiger partial charge is 0.352 e. The Labute approximate surface area is 154 Å². The molecular formula is C19H21NO5S. The van der Waals surface area contributed by atoms with Gasteiger partial charge in [-0.05, 0) is 19.9 Å². The molecule has 0 N–H and O–H groups in total. The number of benzene rings is 1. The van der Waals surface area contributed by atoms with Crippen LogP contribution in [0.1, 0.15) is 23.5 Å². The number of carbonyl (C=O) groups excluding carboxylic acids is 1. The zero-order valence-corrected chi connectivity index (χ0v) is 15.9. The third-order valence-electron chi connectivity index (χ3n) is 4.03. The average Bonchev–Trinajstić information content (AvgIpc) is 3.03. The zero-order chi connectivity index (χ0) is 18.7. The maximum absolute atomic E-state index is 13.0. The van der Waals surface area contributed by atoms with Gasteiger partial charge in [0.2, 0.25) is 0 Å². The number of ether oxygens (including phenoxy) is 3. The Morgan fingerprint density at radius 3 is 2.65 bits per heavy atom. The molecule has 0 amide bonds. The predicted octanol–water partition coefficient (Wildman–Crippen LogP) is 3.35. The van der Waals surface area contributed by atoms with Crippen LogP contribution >= 0.6 is 11.3 Å². The van der Waals surface area contributed by atoms with Crippen molar-refractivity contribution < 1.29 is 19.0 Å². The van der Waals surface area contributed by atoms with Crippen molar-refractivity contribution in [1.82, 2.24) is 4.57 Å². The number of carbonyl (C=O) groups is 1. The first kappa shape index (κ1) is 18.4. The number of fused-ring (bicyclic) bond motifs is 3. The second kappa shape index (κ2) is 7.88. The van der Waals surface area contributed by atoms with Gasteiger partial charge in [0.05, 0.1) is 23.4 Å². The first-order chi connectivity index (χ1) is 12.6. The number of aromatic nitrogens is 1. The number of thiophene rings is 1. The number of rotatable bonds is 7. The van der Waals surface area contributed by atoms with E-state index in [1.165, 1.54) is 11.3 Å². The van der Waals surface area contributed by atoms with Gasteiger partial charge in [-0.25, -0.2) is 4.79 Å². The van der Waals surface area contributed by atoms with E-state index in [9.17, 15) is 9.59 Å². The minimum absolute atomic E-state index is 0.197. The van der Waals surface area contributed by atoms with Gasteiger partial charge in [-0.1, -0.05) is 18.2 Å². The number of esters is 1. The van der Waals surface area contributed by atoms with E-state index in [4.69, 9.17) is 14.2 Å². The Morgan fingerprint density at radius 2 is 1.92 bits per heavy atom. The van der Waals surface area contributed by atoms with Gasteiger partial charge in [-0.15, -0.1) is 11.3 Å². The van der Waals surface area contributed by atoms with E-state index in [0.717, 1.165) is 15.6 Å². The van der Waals surface area contributed by atoms with Crippen LogP contribution in [-0.4, -0.2) is 37.0 Å². The number of hydrogen-bond acceptors (Lipinski definition) is 6. The first-order valence-electron chi connectivity index (χ1n) is 8.52. The van der Waals surface area contributed by atoms with Gasteiger partial charge in [0.1, 0.15) is 12.0 Å². The summed E-state index contributed by atoms with van der Waals surface area (Å²) in [5.41, 5.74) is 0.611. The summed E-state index contributed by atoms with van der Waals surface area (Å²) in [4.78, 5) is 25.7. The van der Waals surface area contributed by atoms with Crippen molar-refractivity contribution in [3.05, 3.63) is 39.5 Å². The van der Waals surface area contributed by atoms with Crippen molar-refractivity contribution >= 4 is 38.3 Å². The minimum Gasteiger partial charge on any atom is -0.489 e. The van der Waals surface area contributed by atoms with E-state index in [2.05, 4.69) is 0 Å². The third-order valence-corrected chi connectivity index (χ3v) is 5.22. The van der Waals surface area contributed by atoms with Gasteiger partial charge in [0.25, 0.3) is 5.56 Å². The molecule has 0 bridgehead atoms. The topological polar surface area (TPSA) is 66.8 Å². The van der Waals surface area contributed by atoms with Crippen LogP contribution in [0.25, 0.3) is 21.0 Å². The second-order valence-electron chi connectivity index (χ2n) is 5.61. The van der Waals surface area contributed by atoms with E-state index in [-0.39, 0.29) is 24.5 Å². The van der Waals surface area contributed by atoms with E-state index < -0.39 is 5.97 Å². The molecule has 0 spiro atoms. The summed E-state index contributed by atoms with van der Waals surface area (Å²) in [6.07, 6.45) is 0. The number of hydrogen-bond donors (Lipinski definition) is 0. The van der Waals surface area contributed by atoms with E-state index >= 15 is 0 Å². The molecule has 0 aliphatic carbocycles. The van der Waals surface area contributed by atoms with Gasteiger partial charge in [0.15, 0.2) is 10.6 Å². The Hall–Kier alpha value is -2.38. The molecule has 3 rings (SSSR count). The van der Waals surface area contributed by atoms with Crippen LogP contribution in [0, 0.1) is 0 Å². The number of nitrogens with zero attached hydrogens (tertiary/aromatic N) is 1. The third kappa shape index (κ3) is 3.20. The van der Waals surface area contributed by atoms with Crippen molar-refractivity contribution in [2.45, 2.75) is 13.8 Å². The monoisotopic (exact) mass is 375 g/mol. The Kier molecular flexibility index (Phi) is 5.58. The molecule has 6 nitrogen and oxygen atoms in total. The summed E-state index contributed by atoms with van der Waals surface area (Å²) in [5, 5.41) is 1.32. The van der Waals surface area contributed by atoms with Gasteiger partial charge in [0, 0.05) is 19.0 Å². The van der Waals surface area contributed by atoms with Crippen LogP contribution in [0.2, 0.25) is 0 Å². The fraction of sp³-hybridized carbons (Fsp3) is 0.368. The lowest BCUT2D eigenvalue weighted by atomic mass is 10.1. The molecule has 0 saturated carbocycles. The number of aryl methyl sites for hydroxylation is 1. The van der Waals surface area contributed by atoms with E-state index in [0.29, 0.717) is 23.5 Å². The lowest BCUT2D eigenvalue weighted by Gasteiger charge is -2.09. The maximum Gasteiger partial charge on any atom is 0.352 e. The average molecular weight is 375 g/mol. The van der Waals surface area contributed by atoms with Gasteiger partial charge >= 0.3 is 5.97 Å². The molecular weight excluding hydrogens is 354 g/mol. The van der Waals surface area contributed by atoms with E-state index in [1.54, 1.807) is 18.5 Å². The highest BCUT2D eigenvalue weighted by molar-refractivity contribution is 7.22. The highest BCUT2D eigenvalue weighted by Crippen LogP contribution is 2.39. The predicted molar refractivity (Wildman–Crippen MR) is 103 cm³/mol. The quantitative estimate of drug-likeness (QED) is 0.468. The molecule has 26 heavy (non-hydrogen) atoms. The SMILES string of the molecule is CCOCCOc1c(C(=O)OCC)sc2c1c(=O)n(C)c1ccccc21. The zero-order valence-electron chi connectivity index (χ0n) is 15.0. The Morgan fingerprint density at radius 1 is 1.15 bits per heavy atom. The largest absolute Gasteiger partial charge is 0.489 e. The maximum atomic E-state index is 13.0. The lowest BCUT2D eigenvalue weighted by molar-refractivity contribution is 0.0525. The fourth-order valence-corrected chi connectivity index (χ4v) is 4.02. The van der Waals surface area contributed by atoms with Crippen LogP contribution in [-0.2, 0) is 16.5 Å². The summed E-state index contributed by atoms with van der Waals surface area (Å²) in [6.45, 7) is 5.10. The summed E-state index contributed by atoms with van der Waals surface area (Å²) < 4.78 is 18.6. The molecule has 138 valence electrons. The second-order valence-corrected chi connectivity index (χ2v) is 6.63. The first-order valence-corrected chi connectivity index (χ1v) is 9.33. The molecule has 0 aliphatic heterocycles. The molecule has 7 heteroatoms. The number of para-hydroxylation sites is 1. The van der Waals surface area contributed by atoms with Crippen molar-refractivity contribution in [2.24, 2.45) is 7.05 Å². The van der Waals surface area contributed by atoms with Crippen LogP contribution in [0.3, 0.4) is 0 Å². The fourth-order valence-electron chi connectivity index (χ4n) is 2.85. The highest BCUT2D eigenvalue weighted by atomic mass is 32.1. The van der Waals surface area contributed by atoms with E-state index in [1.807, 2.05) is 31.2 Å². The van der Waals surface area contributed by atoms with Crippen LogP contribution in [0.15, 0.2) is 29.1 Å². The molecule has 0 aliphatic rings. The molecule has 1 aromatic carbocycles. The van der Waals surface area contributed by atoms with Gasteiger partial charge in [-0.3, -0.25) is 4.79 Å². The molecule has 0 fully saturated rings. The van der Waals surface area contributed by atoms with Crippen LogP contribution < -0.4 is 10.3 Å². The molecule has 3 aromatic rings. The minimum atomic E-state index is -0.480. The van der Waals surface area contributed by atoms with Gasteiger partial charge in [-0.2, -0.15) is 0 Å². The highest BCUT2D eigenvalue weighted by Gasteiger charge is 2.25. The summed E-state index contributed by atoms with van der Waals surface area (Å²) in [6, 6.07) is 7.61. The molecule has 0 unspecified atom stereocenters. The van der Waals surface area contributed by atoms with Crippen molar-refractivity contribution in [3.8, 4) is 5.75 Å². The molecule has 0 radical (unpaired) electrons.